The monoisotopic (exact) mass is 571 g/mol. The number of benzene rings is 2. The number of alkyl halides is 6. The number of rotatable bonds is 4. The molecule has 2 aromatic carbocycles. The van der Waals surface area contributed by atoms with Crippen LogP contribution in [0.3, 0.4) is 0 Å². The molecule has 1 aliphatic rings. The standard InChI is InChI=1S/C21H19N3OS.C4F6O3/c1-25-18-12-16(11-10-15(18)13-22)23-21-24-20-17(8-5-9-19(20)26-21)14-6-3-2-4-7-14;5-3(6,7)1(11)13-2(12)4(8,9)10/h2-4,6-7,10-12,17H,5,8-9H2,1H3,(H,23,24);. The Hall–Kier alpha value is -4.12. The first-order valence-electron chi connectivity index (χ1n) is 11.1. The van der Waals surface area contributed by atoms with E-state index < -0.39 is 24.3 Å². The number of nitrogens with zero attached hydrogens (tertiary/aromatic N) is 2. The number of aryl methyl sites for hydroxylation is 1. The van der Waals surface area contributed by atoms with E-state index in [4.69, 9.17) is 15.0 Å². The van der Waals surface area contributed by atoms with Crippen LogP contribution in [0.4, 0.5) is 37.2 Å². The highest BCUT2D eigenvalue weighted by Gasteiger charge is 2.49. The average Bonchev–Trinajstić information content (AvgIpc) is 3.30. The van der Waals surface area contributed by atoms with Crippen LogP contribution in [0.2, 0.25) is 0 Å². The number of ether oxygens (including phenoxy) is 2. The van der Waals surface area contributed by atoms with Crippen LogP contribution in [0.5, 0.6) is 5.75 Å². The lowest BCUT2D eigenvalue weighted by molar-refractivity contribution is -0.221. The molecule has 1 heterocycles. The van der Waals surface area contributed by atoms with Crippen LogP contribution in [0.15, 0.2) is 48.5 Å². The van der Waals surface area contributed by atoms with Gasteiger partial charge in [0.05, 0.1) is 18.4 Å². The molecule has 39 heavy (non-hydrogen) atoms. The van der Waals surface area contributed by atoms with E-state index in [2.05, 4.69) is 46.5 Å². The van der Waals surface area contributed by atoms with Crippen LogP contribution in [-0.2, 0) is 20.7 Å². The lowest BCUT2D eigenvalue weighted by Crippen LogP contribution is -2.34. The minimum absolute atomic E-state index is 0.377. The molecule has 4 rings (SSSR count). The molecule has 0 aliphatic heterocycles. The summed E-state index contributed by atoms with van der Waals surface area (Å²) in [7, 11) is 1.58. The maximum atomic E-state index is 11.2. The number of aromatic nitrogens is 1. The van der Waals surface area contributed by atoms with Gasteiger partial charge in [-0.05, 0) is 37.0 Å². The third-order valence-corrected chi connectivity index (χ3v) is 6.42. The van der Waals surface area contributed by atoms with Crippen molar-refractivity contribution in [1.82, 2.24) is 4.98 Å². The van der Waals surface area contributed by atoms with Crippen molar-refractivity contribution in [3.8, 4) is 11.8 Å². The van der Waals surface area contributed by atoms with E-state index in [-0.39, 0.29) is 0 Å². The van der Waals surface area contributed by atoms with Gasteiger partial charge in [0.25, 0.3) is 0 Å². The van der Waals surface area contributed by atoms with Crippen molar-refractivity contribution in [3.05, 3.63) is 70.2 Å². The fraction of sp³-hybridized carbons (Fsp3) is 0.280. The van der Waals surface area contributed by atoms with Crippen molar-refractivity contribution >= 4 is 34.1 Å². The quantitative estimate of drug-likeness (QED) is 0.219. The van der Waals surface area contributed by atoms with E-state index >= 15 is 0 Å². The van der Waals surface area contributed by atoms with Crippen LogP contribution in [0, 0.1) is 11.3 Å². The summed E-state index contributed by atoms with van der Waals surface area (Å²) in [6.07, 6.45) is -7.82. The normalized spacial score (nSPS) is 14.7. The number of thiazole rings is 1. The zero-order valence-electron chi connectivity index (χ0n) is 20.0. The molecular formula is C25H19F6N3O4S. The SMILES string of the molecule is COc1cc(Nc2nc3c(s2)CCCC3c2ccccc2)ccc1C#N.O=C(OC(=O)C(F)(F)F)C(F)(F)F. The number of fused-ring (bicyclic) bond motifs is 1. The van der Waals surface area contributed by atoms with Gasteiger partial charge in [0, 0.05) is 22.5 Å². The van der Waals surface area contributed by atoms with Gasteiger partial charge in [-0.1, -0.05) is 30.3 Å². The van der Waals surface area contributed by atoms with E-state index in [1.165, 1.54) is 22.6 Å². The number of esters is 2. The number of hydrogen-bond acceptors (Lipinski definition) is 8. The highest BCUT2D eigenvalue weighted by molar-refractivity contribution is 7.15. The van der Waals surface area contributed by atoms with Crippen molar-refractivity contribution in [1.29, 1.82) is 5.26 Å². The van der Waals surface area contributed by atoms with Gasteiger partial charge in [0.1, 0.15) is 11.8 Å². The molecule has 1 aliphatic carbocycles. The number of methoxy groups -OCH3 is 1. The largest absolute Gasteiger partial charge is 0.495 e. The summed E-state index contributed by atoms with van der Waals surface area (Å²) in [5.74, 6) is -5.45. The smallest absolute Gasteiger partial charge is 0.491 e. The molecule has 3 aromatic rings. The molecule has 1 unspecified atom stereocenters. The molecule has 1 N–H and O–H groups in total. The van der Waals surface area contributed by atoms with Crippen LogP contribution in [-0.4, -0.2) is 36.4 Å². The van der Waals surface area contributed by atoms with E-state index in [1.807, 2.05) is 12.1 Å². The van der Waals surface area contributed by atoms with E-state index in [0.717, 1.165) is 23.7 Å². The molecular weight excluding hydrogens is 552 g/mol. The summed E-state index contributed by atoms with van der Waals surface area (Å²) < 4.78 is 75.0. The third-order valence-electron chi connectivity index (χ3n) is 5.38. The van der Waals surface area contributed by atoms with Gasteiger partial charge in [-0.15, -0.1) is 11.3 Å². The molecule has 0 bridgehead atoms. The molecule has 1 aromatic heterocycles. The number of anilines is 2. The number of nitrogens with one attached hydrogen (secondary N) is 1. The first kappa shape index (κ1) is 29.4. The van der Waals surface area contributed by atoms with Crippen molar-refractivity contribution in [2.24, 2.45) is 0 Å². The van der Waals surface area contributed by atoms with E-state index in [0.29, 0.717) is 17.2 Å². The number of halogens is 6. The topological polar surface area (TPSA) is 101 Å². The third kappa shape index (κ3) is 7.70. The first-order valence-corrected chi connectivity index (χ1v) is 11.9. The van der Waals surface area contributed by atoms with Gasteiger partial charge < -0.3 is 14.8 Å². The summed E-state index contributed by atoms with van der Waals surface area (Å²) in [6.45, 7) is 0. The van der Waals surface area contributed by atoms with E-state index in [9.17, 15) is 35.9 Å². The number of nitriles is 1. The van der Waals surface area contributed by atoms with Crippen LogP contribution in [0.25, 0.3) is 0 Å². The van der Waals surface area contributed by atoms with Crippen molar-refractivity contribution in [2.45, 2.75) is 37.5 Å². The number of carbonyl (C=O) groups excluding carboxylic acids is 2. The molecule has 0 amide bonds. The van der Waals surface area contributed by atoms with Gasteiger partial charge in [-0.2, -0.15) is 31.6 Å². The molecule has 0 radical (unpaired) electrons. The second-order valence-corrected chi connectivity index (χ2v) is 9.09. The Kier molecular flexibility index (Phi) is 9.18. The zero-order valence-corrected chi connectivity index (χ0v) is 20.8. The van der Waals surface area contributed by atoms with Crippen LogP contribution >= 0.6 is 11.3 Å². The predicted octanol–water partition coefficient (Wildman–Crippen LogP) is 6.42. The Bertz CT molecular complexity index is 1340. The van der Waals surface area contributed by atoms with Crippen molar-refractivity contribution < 1.29 is 45.4 Å². The van der Waals surface area contributed by atoms with Gasteiger partial charge in [0.2, 0.25) is 0 Å². The fourth-order valence-electron chi connectivity index (χ4n) is 3.67. The average molecular weight is 571 g/mol. The molecule has 0 fully saturated rings. The van der Waals surface area contributed by atoms with E-state index in [1.54, 1.807) is 24.5 Å². The van der Waals surface area contributed by atoms with Gasteiger partial charge in [0.15, 0.2) is 5.13 Å². The molecule has 14 heteroatoms. The minimum Gasteiger partial charge on any atom is -0.495 e. The fourth-order valence-corrected chi connectivity index (χ4v) is 4.75. The Morgan fingerprint density at radius 1 is 1.05 bits per heavy atom. The summed E-state index contributed by atoms with van der Waals surface area (Å²) >= 11 is 1.72. The minimum atomic E-state index is -5.62. The molecule has 0 spiro atoms. The molecule has 7 nitrogen and oxygen atoms in total. The van der Waals surface area contributed by atoms with Crippen molar-refractivity contribution in [2.75, 3.05) is 12.4 Å². The summed E-state index contributed by atoms with van der Waals surface area (Å²) in [4.78, 5) is 25.6. The highest BCUT2D eigenvalue weighted by atomic mass is 32.1. The molecule has 1 atom stereocenters. The number of carbonyl (C=O) groups is 2. The lowest BCUT2D eigenvalue weighted by Gasteiger charge is -2.21. The lowest BCUT2D eigenvalue weighted by atomic mass is 9.85. The number of hydrogen-bond donors (Lipinski definition) is 1. The Morgan fingerprint density at radius 3 is 2.26 bits per heavy atom. The first-order chi connectivity index (χ1) is 18.3. The maximum Gasteiger partial charge on any atom is 0.491 e. The van der Waals surface area contributed by atoms with Gasteiger partial charge >= 0.3 is 24.3 Å². The van der Waals surface area contributed by atoms with Gasteiger partial charge in [-0.25, -0.2) is 14.6 Å². The molecule has 0 saturated carbocycles. The molecule has 206 valence electrons. The second-order valence-electron chi connectivity index (χ2n) is 8.01. The summed E-state index contributed by atoms with van der Waals surface area (Å²) in [5, 5.41) is 13.4. The Morgan fingerprint density at radius 2 is 1.69 bits per heavy atom. The zero-order chi connectivity index (χ0) is 28.8. The van der Waals surface area contributed by atoms with Crippen LogP contribution < -0.4 is 10.1 Å². The van der Waals surface area contributed by atoms with Crippen molar-refractivity contribution in [3.63, 3.8) is 0 Å². The second kappa shape index (κ2) is 12.2. The maximum absolute atomic E-state index is 11.2. The summed E-state index contributed by atoms with van der Waals surface area (Å²) in [5.41, 5.74) is 3.95. The highest BCUT2D eigenvalue weighted by Crippen LogP contribution is 2.41. The molecule has 0 saturated heterocycles. The summed E-state index contributed by atoms with van der Waals surface area (Å²) in [6, 6.07) is 18.3. The van der Waals surface area contributed by atoms with Gasteiger partial charge in [-0.3, -0.25) is 0 Å². The Balaban J connectivity index is 0.000000276. The Labute approximate surface area is 222 Å². The predicted molar refractivity (Wildman–Crippen MR) is 128 cm³/mol. The van der Waals surface area contributed by atoms with Crippen LogP contribution in [0.1, 0.15) is 40.5 Å².